The number of phenolic OH excluding ortho intramolecular Hbond substituents is 1. The highest BCUT2D eigenvalue weighted by Gasteiger charge is 2.05. The molecule has 2 aromatic rings. The summed E-state index contributed by atoms with van der Waals surface area (Å²) in [5.74, 6) is 0.286. The smallest absolute Gasteiger partial charge is 0.115 e. The quantitative estimate of drug-likeness (QED) is 0.772. The van der Waals surface area contributed by atoms with Gasteiger partial charge in [-0.2, -0.15) is 5.10 Å². The average molecular weight is 240 g/mol. The first-order valence-corrected chi connectivity index (χ1v) is 4.80. The van der Waals surface area contributed by atoms with E-state index in [0.29, 0.717) is 0 Å². The molecule has 1 atom stereocenters. The molecule has 0 radical (unpaired) electrons. The fourth-order valence-electron chi connectivity index (χ4n) is 1.43. The molecule has 0 saturated heterocycles. The van der Waals surface area contributed by atoms with Crippen LogP contribution in [0, 0.1) is 0 Å². The predicted octanol–water partition coefficient (Wildman–Crippen LogP) is 2.71. The van der Waals surface area contributed by atoms with E-state index in [4.69, 9.17) is 5.11 Å². The Morgan fingerprint density at radius 3 is 2.56 bits per heavy atom. The Balaban J connectivity index is 0.00000128. The van der Waals surface area contributed by atoms with Crippen LogP contribution >= 0.6 is 12.4 Å². The third-order valence-electron chi connectivity index (χ3n) is 2.27. The van der Waals surface area contributed by atoms with Gasteiger partial charge in [-0.25, -0.2) is 0 Å². The highest BCUT2D eigenvalue weighted by molar-refractivity contribution is 5.85. The maximum Gasteiger partial charge on any atom is 0.115 e. The number of phenols is 1. The summed E-state index contributed by atoms with van der Waals surface area (Å²) in [6.07, 6.45) is 3.54. The van der Waals surface area contributed by atoms with Gasteiger partial charge in [0, 0.05) is 12.2 Å². The van der Waals surface area contributed by atoms with Crippen LogP contribution in [0.2, 0.25) is 0 Å². The molecule has 86 valence electrons. The van der Waals surface area contributed by atoms with Crippen molar-refractivity contribution in [1.82, 2.24) is 10.2 Å². The molecule has 2 rings (SSSR count). The lowest BCUT2D eigenvalue weighted by Crippen LogP contribution is -2.05. The first-order chi connectivity index (χ1) is 7.25. The van der Waals surface area contributed by atoms with Crippen molar-refractivity contribution in [2.24, 2.45) is 0 Å². The molecule has 0 saturated carbocycles. The van der Waals surface area contributed by atoms with Crippen LogP contribution in [0.3, 0.4) is 0 Å². The molecular formula is C11H14ClN3O. The van der Waals surface area contributed by atoms with E-state index in [2.05, 4.69) is 22.4 Å². The van der Waals surface area contributed by atoms with Crippen LogP contribution in [-0.4, -0.2) is 15.3 Å². The van der Waals surface area contributed by atoms with Crippen LogP contribution in [0.15, 0.2) is 36.7 Å². The standard InChI is InChI=1S/C11H13N3O.ClH/c1-8(14-10-6-12-13-7-10)9-2-4-11(15)5-3-9;/h2-8,14-15H,1H3,(H,12,13);1H. The lowest BCUT2D eigenvalue weighted by Gasteiger charge is -2.13. The van der Waals surface area contributed by atoms with Crippen molar-refractivity contribution in [3.8, 4) is 5.75 Å². The Kier molecular flexibility index (Phi) is 4.19. The Morgan fingerprint density at radius 1 is 1.31 bits per heavy atom. The molecule has 5 heteroatoms. The van der Waals surface area contributed by atoms with Gasteiger partial charge in [0.15, 0.2) is 0 Å². The number of benzene rings is 1. The van der Waals surface area contributed by atoms with E-state index in [-0.39, 0.29) is 24.2 Å². The Bertz CT molecular complexity index is 413. The van der Waals surface area contributed by atoms with E-state index < -0.39 is 0 Å². The van der Waals surface area contributed by atoms with Gasteiger partial charge in [-0.05, 0) is 24.6 Å². The molecule has 1 aromatic carbocycles. The summed E-state index contributed by atoms with van der Waals surface area (Å²) < 4.78 is 0. The number of nitrogens with one attached hydrogen (secondary N) is 2. The summed E-state index contributed by atoms with van der Waals surface area (Å²) in [6, 6.07) is 7.34. The molecule has 1 aromatic heterocycles. The van der Waals surface area contributed by atoms with E-state index in [1.807, 2.05) is 12.1 Å². The van der Waals surface area contributed by atoms with Crippen molar-refractivity contribution >= 4 is 18.1 Å². The largest absolute Gasteiger partial charge is 0.508 e. The zero-order chi connectivity index (χ0) is 10.7. The molecular weight excluding hydrogens is 226 g/mol. The molecule has 0 aliphatic heterocycles. The molecule has 0 bridgehead atoms. The van der Waals surface area contributed by atoms with Crippen LogP contribution in [0.25, 0.3) is 0 Å². The molecule has 0 aliphatic carbocycles. The van der Waals surface area contributed by atoms with Crippen LogP contribution in [0.5, 0.6) is 5.75 Å². The molecule has 1 unspecified atom stereocenters. The average Bonchev–Trinajstić information content (AvgIpc) is 2.71. The first-order valence-electron chi connectivity index (χ1n) is 4.80. The number of H-pyrrole nitrogens is 1. The van der Waals surface area contributed by atoms with Gasteiger partial charge >= 0.3 is 0 Å². The Hall–Kier alpha value is -1.68. The molecule has 0 aliphatic rings. The number of aromatic hydroxyl groups is 1. The summed E-state index contributed by atoms with van der Waals surface area (Å²) in [4.78, 5) is 0. The first kappa shape index (κ1) is 12.4. The second-order valence-electron chi connectivity index (χ2n) is 3.44. The minimum atomic E-state index is 0. The number of aromatic nitrogens is 2. The molecule has 0 amide bonds. The topological polar surface area (TPSA) is 60.9 Å². The van der Waals surface area contributed by atoms with Gasteiger partial charge in [-0.15, -0.1) is 12.4 Å². The lowest BCUT2D eigenvalue weighted by molar-refractivity contribution is 0.475. The van der Waals surface area contributed by atoms with Crippen LogP contribution in [0.4, 0.5) is 5.69 Å². The summed E-state index contributed by atoms with van der Waals surface area (Å²) in [6.45, 7) is 2.05. The highest BCUT2D eigenvalue weighted by atomic mass is 35.5. The monoisotopic (exact) mass is 239 g/mol. The molecule has 0 spiro atoms. The summed E-state index contributed by atoms with van der Waals surface area (Å²) in [5.41, 5.74) is 2.07. The van der Waals surface area contributed by atoms with Crippen LogP contribution in [-0.2, 0) is 0 Å². The summed E-state index contributed by atoms with van der Waals surface area (Å²) >= 11 is 0. The van der Waals surface area contributed by atoms with Crippen LogP contribution < -0.4 is 5.32 Å². The zero-order valence-corrected chi connectivity index (χ0v) is 9.66. The van der Waals surface area contributed by atoms with Gasteiger partial charge < -0.3 is 10.4 Å². The van der Waals surface area contributed by atoms with Crippen molar-refractivity contribution in [2.75, 3.05) is 5.32 Å². The number of hydrogen-bond donors (Lipinski definition) is 3. The number of aromatic amines is 1. The molecule has 1 heterocycles. The van der Waals surface area contributed by atoms with Crippen molar-refractivity contribution in [1.29, 1.82) is 0 Å². The fourth-order valence-corrected chi connectivity index (χ4v) is 1.43. The second-order valence-corrected chi connectivity index (χ2v) is 3.44. The minimum absolute atomic E-state index is 0. The molecule has 4 nitrogen and oxygen atoms in total. The van der Waals surface area contributed by atoms with Gasteiger partial charge in [0.05, 0.1) is 11.9 Å². The maximum absolute atomic E-state index is 9.16. The highest BCUT2D eigenvalue weighted by Crippen LogP contribution is 2.20. The van der Waals surface area contributed by atoms with Crippen molar-refractivity contribution in [3.05, 3.63) is 42.2 Å². The lowest BCUT2D eigenvalue weighted by atomic mass is 10.1. The van der Waals surface area contributed by atoms with Gasteiger partial charge in [-0.3, -0.25) is 5.10 Å². The van der Waals surface area contributed by atoms with Gasteiger partial charge in [0.2, 0.25) is 0 Å². The van der Waals surface area contributed by atoms with Gasteiger partial charge in [0.25, 0.3) is 0 Å². The normalized spacial score (nSPS) is 11.6. The molecule has 3 N–H and O–H groups in total. The Labute approximate surface area is 100 Å². The maximum atomic E-state index is 9.16. The van der Waals surface area contributed by atoms with Gasteiger partial charge in [0.1, 0.15) is 5.75 Å². The van der Waals surface area contributed by atoms with Crippen molar-refractivity contribution in [2.45, 2.75) is 13.0 Å². The van der Waals surface area contributed by atoms with E-state index >= 15 is 0 Å². The fraction of sp³-hybridized carbons (Fsp3) is 0.182. The third-order valence-corrected chi connectivity index (χ3v) is 2.27. The van der Waals surface area contributed by atoms with Gasteiger partial charge in [-0.1, -0.05) is 12.1 Å². The summed E-state index contributed by atoms with van der Waals surface area (Å²) in [5, 5.41) is 19.0. The molecule has 0 fully saturated rings. The second kappa shape index (κ2) is 5.42. The van der Waals surface area contributed by atoms with E-state index in [9.17, 15) is 0 Å². The van der Waals surface area contributed by atoms with Crippen molar-refractivity contribution in [3.63, 3.8) is 0 Å². The minimum Gasteiger partial charge on any atom is -0.508 e. The number of hydrogen-bond acceptors (Lipinski definition) is 3. The number of rotatable bonds is 3. The Morgan fingerprint density at radius 2 is 2.00 bits per heavy atom. The van der Waals surface area contributed by atoms with Crippen LogP contribution in [0.1, 0.15) is 18.5 Å². The van der Waals surface area contributed by atoms with E-state index in [1.165, 1.54) is 0 Å². The van der Waals surface area contributed by atoms with E-state index in [0.717, 1.165) is 11.3 Å². The number of anilines is 1. The zero-order valence-electron chi connectivity index (χ0n) is 8.84. The molecule has 16 heavy (non-hydrogen) atoms. The predicted molar refractivity (Wildman–Crippen MR) is 66.0 cm³/mol. The SMILES string of the molecule is CC(Nc1cn[nH]c1)c1ccc(O)cc1.Cl. The number of nitrogens with zero attached hydrogens (tertiary/aromatic N) is 1. The number of halogens is 1. The van der Waals surface area contributed by atoms with Crippen molar-refractivity contribution < 1.29 is 5.11 Å². The van der Waals surface area contributed by atoms with E-state index in [1.54, 1.807) is 24.5 Å². The third kappa shape index (κ3) is 2.90. The summed E-state index contributed by atoms with van der Waals surface area (Å²) in [7, 11) is 0.